The van der Waals surface area contributed by atoms with Gasteiger partial charge in [0.1, 0.15) is 5.75 Å². The number of nitrogens with one attached hydrogen (secondary N) is 1. The quantitative estimate of drug-likeness (QED) is 0.812. The van der Waals surface area contributed by atoms with Crippen LogP contribution in [0.15, 0.2) is 23.1 Å². The lowest BCUT2D eigenvalue weighted by Gasteiger charge is -2.09. The third-order valence-electron chi connectivity index (χ3n) is 2.54. The van der Waals surface area contributed by atoms with E-state index in [1.807, 2.05) is 0 Å². The summed E-state index contributed by atoms with van der Waals surface area (Å²) in [4.78, 5) is 0.211. The highest BCUT2D eigenvalue weighted by molar-refractivity contribution is 7.89. The first-order chi connectivity index (χ1) is 7.99. The zero-order chi connectivity index (χ0) is 12.5. The van der Waals surface area contributed by atoms with Crippen LogP contribution in [0.4, 0.5) is 0 Å². The molecule has 17 heavy (non-hydrogen) atoms. The lowest BCUT2D eigenvalue weighted by Crippen LogP contribution is -2.30. The molecule has 2 rings (SSSR count). The summed E-state index contributed by atoms with van der Waals surface area (Å²) < 4.78 is 31.4. The maximum atomic E-state index is 11.9. The number of hydrogen-bond acceptors (Lipinski definition) is 4. The predicted octanol–water partition coefficient (Wildman–Crippen LogP) is 0.281. The molecule has 0 unspecified atom stereocenters. The Morgan fingerprint density at radius 3 is 3.00 bits per heavy atom. The van der Waals surface area contributed by atoms with Gasteiger partial charge < -0.3 is 9.84 Å². The number of fused-ring (bicyclic) bond motifs is 1. The second-order valence-corrected chi connectivity index (χ2v) is 5.84. The van der Waals surface area contributed by atoms with Gasteiger partial charge in [0.05, 0.1) is 17.6 Å². The molecule has 1 aliphatic heterocycles. The largest absolute Gasteiger partial charge is 0.493 e. The first kappa shape index (κ1) is 12.3. The van der Waals surface area contributed by atoms with E-state index < -0.39 is 16.1 Å². The van der Waals surface area contributed by atoms with E-state index in [4.69, 9.17) is 9.84 Å². The van der Waals surface area contributed by atoms with Gasteiger partial charge in [-0.3, -0.25) is 0 Å². The number of ether oxygens (including phenoxy) is 1. The summed E-state index contributed by atoms with van der Waals surface area (Å²) in [7, 11) is -3.54. The number of aliphatic hydroxyl groups excluding tert-OH is 1. The Labute approximate surface area is 100 Å². The number of sulfonamides is 1. The summed E-state index contributed by atoms with van der Waals surface area (Å²) in [5, 5.41) is 9.07. The third kappa shape index (κ3) is 2.77. The van der Waals surface area contributed by atoms with Crippen LogP contribution in [0.5, 0.6) is 5.75 Å². The van der Waals surface area contributed by atoms with Crippen molar-refractivity contribution in [3.8, 4) is 5.75 Å². The van der Waals surface area contributed by atoms with Crippen LogP contribution in [0, 0.1) is 0 Å². The number of rotatable bonds is 4. The van der Waals surface area contributed by atoms with Crippen LogP contribution in [0.3, 0.4) is 0 Å². The molecule has 0 bridgehead atoms. The Morgan fingerprint density at radius 1 is 1.53 bits per heavy atom. The second-order valence-electron chi connectivity index (χ2n) is 4.07. The van der Waals surface area contributed by atoms with Gasteiger partial charge in [0, 0.05) is 13.0 Å². The summed E-state index contributed by atoms with van der Waals surface area (Å²) in [6.07, 6.45) is 0.0253. The summed E-state index contributed by atoms with van der Waals surface area (Å²) in [5.74, 6) is 0.750. The van der Waals surface area contributed by atoms with Crippen molar-refractivity contribution in [1.29, 1.82) is 0 Å². The minimum atomic E-state index is -3.54. The maximum Gasteiger partial charge on any atom is 0.240 e. The Hall–Kier alpha value is -1.11. The van der Waals surface area contributed by atoms with E-state index in [0.29, 0.717) is 6.61 Å². The molecule has 0 radical (unpaired) electrons. The molecule has 6 heteroatoms. The Kier molecular flexibility index (Phi) is 3.37. The van der Waals surface area contributed by atoms with Gasteiger partial charge in [-0.15, -0.1) is 0 Å². The molecule has 0 spiro atoms. The van der Waals surface area contributed by atoms with Crippen LogP contribution >= 0.6 is 0 Å². The van der Waals surface area contributed by atoms with E-state index >= 15 is 0 Å². The highest BCUT2D eigenvalue weighted by Crippen LogP contribution is 2.27. The van der Waals surface area contributed by atoms with Crippen LogP contribution in [0.2, 0.25) is 0 Å². The zero-order valence-corrected chi connectivity index (χ0v) is 10.3. The summed E-state index contributed by atoms with van der Waals surface area (Å²) >= 11 is 0. The molecule has 94 valence electrons. The first-order valence-electron chi connectivity index (χ1n) is 5.42. The van der Waals surface area contributed by atoms with Gasteiger partial charge in [0.2, 0.25) is 10.0 Å². The van der Waals surface area contributed by atoms with Gasteiger partial charge >= 0.3 is 0 Å². The highest BCUT2D eigenvalue weighted by Gasteiger charge is 2.19. The van der Waals surface area contributed by atoms with Crippen LogP contribution in [-0.2, 0) is 16.4 Å². The van der Waals surface area contributed by atoms with E-state index in [0.717, 1.165) is 17.7 Å². The molecule has 0 amide bonds. The highest BCUT2D eigenvalue weighted by atomic mass is 32.2. The normalized spacial score (nSPS) is 16.4. The molecule has 0 saturated carbocycles. The van der Waals surface area contributed by atoms with Gasteiger partial charge in [-0.05, 0) is 30.7 Å². The van der Waals surface area contributed by atoms with E-state index in [1.54, 1.807) is 12.1 Å². The third-order valence-corrected chi connectivity index (χ3v) is 3.96. The van der Waals surface area contributed by atoms with Crippen molar-refractivity contribution >= 4 is 10.0 Å². The Bertz CT molecular complexity index is 510. The molecule has 1 aliphatic rings. The Balaban J connectivity index is 2.22. The van der Waals surface area contributed by atoms with E-state index in [2.05, 4.69) is 4.72 Å². The summed E-state index contributed by atoms with van der Waals surface area (Å²) in [6, 6.07) is 4.79. The molecule has 0 aromatic heterocycles. The van der Waals surface area contributed by atoms with Crippen molar-refractivity contribution in [2.75, 3.05) is 13.2 Å². The van der Waals surface area contributed by atoms with Crippen molar-refractivity contribution in [2.45, 2.75) is 24.3 Å². The summed E-state index contributed by atoms with van der Waals surface area (Å²) in [6.45, 7) is 2.13. The molecule has 2 N–H and O–H groups in total. The molecular weight excluding hydrogens is 242 g/mol. The van der Waals surface area contributed by atoms with Crippen LogP contribution < -0.4 is 9.46 Å². The molecule has 0 aliphatic carbocycles. The molecule has 1 aromatic rings. The minimum absolute atomic E-state index is 0.00984. The van der Waals surface area contributed by atoms with Gasteiger partial charge in [-0.1, -0.05) is 0 Å². The lowest BCUT2D eigenvalue weighted by atomic mass is 10.2. The molecule has 5 nitrogen and oxygen atoms in total. The molecule has 1 atom stereocenters. The molecule has 1 aromatic carbocycles. The van der Waals surface area contributed by atoms with Crippen LogP contribution in [-0.4, -0.2) is 32.8 Å². The fraction of sp³-hybridized carbons (Fsp3) is 0.455. The number of benzene rings is 1. The predicted molar refractivity (Wildman–Crippen MR) is 62.5 cm³/mol. The van der Waals surface area contributed by atoms with Crippen LogP contribution in [0.1, 0.15) is 12.5 Å². The van der Waals surface area contributed by atoms with E-state index in [9.17, 15) is 8.42 Å². The number of hydrogen-bond donors (Lipinski definition) is 2. The van der Waals surface area contributed by atoms with Gasteiger partial charge in [-0.25, -0.2) is 13.1 Å². The SMILES string of the molecule is C[C@@H](O)CNS(=O)(=O)c1ccc2c(c1)CCO2. The molecule has 1 heterocycles. The average Bonchev–Trinajstić information content (AvgIpc) is 2.73. The maximum absolute atomic E-state index is 11.9. The average molecular weight is 257 g/mol. The van der Waals surface area contributed by atoms with Crippen LogP contribution in [0.25, 0.3) is 0 Å². The van der Waals surface area contributed by atoms with Crippen molar-refractivity contribution in [3.63, 3.8) is 0 Å². The van der Waals surface area contributed by atoms with E-state index in [1.165, 1.54) is 13.0 Å². The standard InChI is InChI=1S/C11H15NO4S/c1-8(13)7-12-17(14,15)10-2-3-11-9(6-10)4-5-16-11/h2-3,6,8,12-13H,4-5,7H2,1H3/t8-/m1/s1. The van der Waals surface area contributed by atoms with Crippen molar-refractivity contribution in [3.05, 3.63) is 23.8 Å². The fourth-order valence-electron chi connectivity index (χ4n) is 1.64. The smallest absolute Gasteiger partial charge is 0.240 e. The van der Waals surface area contributed by atoms with Crippen molar-refractivity contribution in [1.82, 2.24) is 4.72 Å². The van der Waals surface area contributed by atoms with Gasteiger partial charge in [0.25, 0.3) is 0 Å². The molecule has 0 saturated heterocycles. The monoisotopic (exact) mass is 257 g/mol. The van der Waals surface area contributed by atoms with Gasteiger partial charge in [0.15, 0.2) is 0 Å². The molecular formula is C11H15NO4S. The van der Waals surface area contributed by atoms with E-state index in [-0.39, 0.29) is 11.4 Å². The second kappa shape index (κ2) is 4.64. The van der Waals surface area contributed by atoms with Crippen molar-refractivity contribution < 1.29 is 18.3 Å². The minimum Gasteiger partial charge on any atom is -0.493 e. The number of aliphatic hydroxyl groups is 1. The first-order valence-corrected chi connectivity index (χ1v) is 6.91. The van der Waals surface area contributed by atoms with Gasteiger partial charge in [-0.2, -0.15) is 0 Å². The zero-order valence-electron chi connectivity index (χ0n) is 9.51. The van der Waals surface area contributed by atoms with Crippen molar-refractivity contribution in [2.24, 2.45) is 0 Å². The molecule has 0 fully saturated rings. The summed E-state index contributed by atoms with van der Waals surface area (Å²) in [5.41, 5.74) is 0.907. The fourth-order valence-corrected chi connectivity index (χ4v) is 2.82. The Morgan fingerprint density at radius 2 is 2.29 bits per heavy atom. The lowest BCUT2D eigenvalue weighted by molar-refractivity contribution is 0.198. The topological polar surface area (TPSA) is 75.6 Å².